The standard InChI is InChI=1S/C29H32ClN3O3/c1-20-17-27(31-25-12-10-24(30)11-13-25)26-18-23(9-14-28(26)33(20)19-34)21-5-7-22(8-6-21)29(35)36-16-4-15-32(2)3/h5-14,18-20,27,31H,4,15-17H2,1-3H3/t20-,27?/m0/s1. The summed E-state index contributed by atoms with van der Waals surface area (Å²) in [4.78, 5) is 28.1. The Hall–Kier alpha value is -3.35. The first kappa shape index (κ1) is 25.7. The summed E-state index contributed by atoms with van der Waals surface area (Å²) in [6, 6.07) is 21.3. The van der Waals surface area contributed by atoms with Crippen molar-refractivity contribution in [1.29, 1.82) is 0 Å². The Morgan fingerprint density at radius 1 is 1.08 bits per heavy atom. The molecule has 3 aromatic carbocycles. The number of fused-ring (bicyclic) bond motifs is 1. The summed E-state index contributed by atoms with van der Waals surface area (Å²) in [5, 5.41) is 4.30. The fourth-order valence-corrected chi connectivity index (χ4v) is 4.67. The normalized spacial score (nSPS) is 17.0. The van der Waals surface area contributed by atoms with Gasteiger partial charge in [-0.3, -0.25) is 4.79 Å². The number of esters is 1. The first-order chi connectivity index (χ1) is 17.4. The zero-order valence-corrected chi connectivity index (χ0v) is 21.7. The fourth-order valence-electron chi connectivity index (χ4n) is 4.54. The smallest absolute Gasteiger partial charge is 0.338 e. The highest BCUT2D eigenvalue weighted by atomic mass is 35.5. The van der Waals surface area contributed by atoms with Crippen LogP contribution in [0.15, 0.2) is 66.7 Å². The second kappa shape index (κ2) is 11.6. The van der Waals surface area contributed by atoms with Crippen LogP contribution in [0.3, 0.4) is 0 Å². The maximum absolute atomic E-state index is 12.4. The summed E-state index contributed by atoms with van der Waals surface area (Å²) in [6.45, 7) is 3.33. The first-order valence-electron chi connectivity index (χ1n) is 12.2. The maximum Gasteiger partial charge on any atom is 0.338 e. The van der Waals surface area contributed by atoms with Crippen LogP contribution in [0.5, 0.6) is 0 Å². The van der Waals surface area contributed by atoms with Crippen LogP contribution in [-0.4, -0.2) is 50.6 Å². The highest BCUT2D eigenvalue weighted by molar-refractivity contribution is 6.30. The third kappa shape index (κ3) is 6.07. The number of anilines is 2. The third-order valence-electron chi connectivity index (χ3n) is 6.47. The zero-order chi connectivity index (χ0) is 25.7. The van der Waals surface area contributed by atoms with Crippen LogP contribution in [0.1, 0.15) is 41.7 Å². The van der Waals surface area contributed by atoms with Crippen molar-refractivity contribution in [2.24, 2.45) is 0 Å². The van der Waals surface area contributed by atoms with E-state index in [0.29, 0.717) is 17.2 Å². The molecule has 0 bridgehead atoms. The molecule has 6 nitrogen and oxygen atoms in total. The lowest BCUT2D eigenvalue weighted by Crippen LogP contribution is -2.39. The van der Waals surface area contributed by atoms with Gasteiger partial charge in [0.1, 0.15) is 0 Å². The molecule has 0 saturated heterocycles. The van der Waals surface area contributed by atoms with Crippen molar-refractivity contribution in [3.05, 3.63) is 82.9 Å². The quantitative estimate of drug-likeness (QED) is 0.219. The van der Waals surface area contributed by atoms with Crippen molar-refractivity contribution in [2.45, 2.75) is 31.8 Å². The van der Waals surface area contributed by atoms with E-state index in [-0.39, 0.29) is 18.1 Å². The molecule has 36 heavy (non-hydrogen) atoms. The number of halogens is 1. The van der Waals surface area contributed by atoms with Crippen LogP contribution in [0, 0.1) is 0 Å². The van der Waals surface area contributed by atoms with Gasteiger partial charge in [0.2, 0.25) is 6.41 Å². The van der Waals surface area contributed by atoms with Gasteiger partial charge in [-0.15, -0.1) is 0 Å². The number of amides is 1. The number of hydrogen-bond acceptors (Lipinski definition) is 5. The van der Waals surface area contributed by atoms with Crippen LogP contribution < -0.4 is 10.2 Å². The fraction of sp³-hybridized carbons (Fsp3) is 0.310. The van der Waals surface area contributed by atoms with E-state index in [1.165, 1.54) is 0 Å². The Bertz CT molecular complexity index is 1200. The number of hydrogen-bond donors (Lipinski definition) is 1. The monoisotopic (exact) mass is 505 g/mol. The van der Waals surface area contributed by atoms with Crippen molar-refractivity contribution in [3.63, 3.8) is 0 Å². The first-order valence-corrected chi connectivity index (χ1v) is 12.6. The van der Waals surface area contributed by atoms with Gasteiger partial charge in [0.15, 0.2) is 0 Å². The molecule has 3 aromatic rings. The van der Waals surface area contributed by atoms with Crippen LogP contribution in [0.4, 0.5) is 11.4 Å². The van der Waals surface area contributed by atoms with Gasteiger partial charge in [-0.05, 0) is 99.1 Å². The SMILES string of the molecule is C[C@H]1CC(Nc2ccc(Cl)cc2)c2cc(-c3ccc(C(=O)OCCCN(C)C)cc3)ccc2N1C=O. The van der Waals surface area contributed by atoms with Crippen LogP contribution in [0.2, 0.25) is 5.02 Å². The van der Waals surface area contributed by atoms with Crippen molar-refractivity contribution < 1.29 is 14.3 Å². The van der Waals surface area contributed by atoms with E-state index < -0.39 is 0 Å². The van der Waals surface area contributed by atoms with E-state index in [0.717, 1.165) is 53.9 Å². The number of ether oxygens (including phenoxy) is 1. The van der Waals surface area contributed by atoms with Gasteiger partial charge < -0.3 is 19.9 Å². The molecule has 0 fully saturated rings. The molecule has 1 aliphatic heterocycles. The third-order valence-corrected chi connectivity index (χ3v) is 6.72. The van der Waals surface area contributed by atoms with E-state index in [2.05, 4.69) is 23.2 Å². The zero-order valence-electron chi connectivity index (χ0n) is 20.9. The van der Waals surface area contributed by atoms with Gasteiger partial charge >= 0.3 is 5.97 Å². The summed E-state index contributed by atoms with van der Waals surface area (Å²) < 4.78 is 5.39. The van der Waals surface area contributed by atoms with Crippen molar-refractivity contribution >= 4 is 35.4 Å². The number of rotatable bonds is 9. The van der Waals surface area contributed by atoms with Crippen LogP contribution in [-0.2, 0) is 9.53 Å². The lowest BCUT2D eigenvalue weighted by Gasteiger charge is -2.38. The van der Waals surface area contributed by atoms with Gasteiger partial charge in [0.25, 0.3) is 0 Å². The number of benzene rings is 3. The molecule has 4 rings (SSSR count). The molecule has 0 saturated carbocycles. The van der Waals surface area contributed by atoms with E-state index in [4.69, 9.17) is 16.3 Å². The largest absolute Gasteiger partial charge is 0.462 e. The van der Waals surface area contributed by atoms with E-state index >= 15 is 0 Å². The topological polar surface area (TPSA) is 61.9 Å². The van der Waals surface area contributed by atoms with Crippen LogP contribution >= 0.6 is 11.6 Å². The average molecular weight is 506 g/mol. The number of nitrogens with zero attached hydrogens (tertiary/aromatic N) is 2. The molecular formula is C29H32ClN3O3. The molecule has 0 aromatic heterocycles. The van der Waals surface area contributed by atoms with Gasteiger partial charge in [0.05, 0.1) is 18.2 Å². The predicted molar refractivity (Wildman–Crippen MR) is 146 cm³/mol. The molecule has 0 spiro atoms. The molecule has 0 radical (unpaired) electrons. The van der Waals surface area contributed by atoms with Crippen molar-refractivity contribution in [3.8, 4) is 11.1 Å². The minimum Gasteiger partial charge on any atom is -0.462 e. The minimum absolute atomic E-state index is 0.0312. The maximum atomic E-state index is 12.4. The summed E-state index contributed by atoms with van der Waals surface area (Å²) in [5.74, 6) is -0.311. The second-order valence-electron chi connectivity index (χ2n) is 9.44. The van der Waals surface area contributed by atoms with E-state index in [1.54, 1.807) is 17.0 Å². The number of carbonyl (C=O) groups excluding carboxylic acids is 2. The Balaban J connectivity index is 1.55. The van der Waals surface area contributed by atoms with E-state index in [1.807, 2.05) is 62.6 Å². The number of nitrogens with one attached hydrogen (secondary N) is 1. The van der Waals surface area contributed by atoms with Crippen LogP contribution in [0.25, 0.3) is 11.1 Å². The Labute approximate surface area is 217 Å². The molecule has 1 N–H and O–H groups in total. The van der Waals surface area contributed by atoms with Crippen molar-refractivity contribution in [1.82, 2.24) is 4.90 Å². The van der Waals surface area contributed by atoms with Gasteiger partial charge in [-0.25, -0.2) is 4.79 Å². The molecule has 0 aliphatic carbocycles. The summed E-state index contributed by atoms with van der Waals surface area (Å²) >= 11 is 6.05. The Morgan fingerprint density at radius 3 is 2.44 bits per heavy atom. The van der Waals surface area contributed by atoms with Gasteiger partial charge in [-0.1, -0.05) is 29.8 Å². The Kier molecular flexibility index (Phi) is 8.28. The molecule has 1 unspecified atom stereocenters. The second-order valence-corrected chi connectivity index (χ2v) is 9.88. The van der Waals surface area contributed by atoms with Crippen molar-refractivity contribution in [2.75, 3.05) is 37.5 Å². The predicted octanol–water partition coefficient (Wildman–Crippen LogP) is 6.02. The summed E-state index contributed by atoms with van der Waals surface area (Å²) in [5.41, 5.74) is 5.46. The Morgan fingerprint density at radius 2 is 1.78 bits per heavy atom. The van der Waals surface area contributed by atoms with Gasteiger partial charge in [-0.2, -0.15) is 0 Å². The minimum atomic E-state index is -0.311. The highest BCUT2D eigenvalue weighted by Gasteiger charge is 2.30. The molecule has 2 atom stereocenters. The molecule has 1 amide bonds. The lowest BCUT2D eigenvalue weighted by atomic mass is 9.89. The molecule has 188 valence electrons. The summed E-state index contributed by atoms with van der Waals surface area (Å²) in [6.07, 6.45) is 2.48. The molecule has 1 heterocycles. The molecule has 1 aliphatic rings. The molecular weight excluding hydrogens is 474 g/mol. The van der Waals surface area contributed by atoms with E-state index in [9.17, 15) is 9.59 Å². The average Bonchev–Trinajstić information content (AvgIpc) is 2.88. The lowest BCUT2D eigenvalue weighted by molar-refractivity contribution is -0.107. The highest BCUT2D eigenvalue weighted by Crippen LogP contribution is 2.40. The molecule has 7 heteroatoms. The van der Waals surface area contributed by atoms with Gasteiger partial charge in [0, 0.05) is 29.0 Å². The summed E-state index contributed by atoms with van der Waals surface area (Å²) in [7, 11) is 3.99. The number of carbonyl (C=O) groups is 2.